The van der Waals surface area contributed by atoms with Crippen molar-refractivity contribution in [2.45, 2.75) is 70.2 Å². The number of carbonyl (C=O) groups excluding carboxylic acids is 4. The Morgan fingerprint density at radius 1 is 1.17 bits per heavy atom. The third kappa shape index (κ3) is 6.16. The monoisotopic (exact) mass is 504 g/mol. The molecular formula is C26H36N2O8. The molecule has 1 aromatic rings. The zero-order valence-electron chi connectivity index (χ0n) is 21.4. The maximum atomic E-state index is 13.6. The van der Waals surface area contributed by atoms with Crippen LogP contribution in [-0.2, 0) is 35.0 Å². The number of aliphatic hydroxyl groups is 1. The van der Waals surface area contributed by atoms with Gasteiger partial charge < -0.3 is 30.0 Å². The summed E-state index contributed by atoms with van der Waals surface area (Å²) < 4.78 is 15.4. The Kier molecular flexibility index (Phi) is 8.28. The minimum Gasteiger partial charge on any atom is -0.469 e. The number of ether oxygens (including phenoxy) is 3. The van der Waals surface area contributed by atoms with Crippen LogP contribution >= 0.6 is 0 Å². The third-order valence-electron chi connectivity index (χ3n) is 6.68. The summed E-state index contributed by atoms with van der Waals surface area (Å²) in [6, 6.07) is 8.04. The fourth-order valence-electron chi connectivity index (χ4n) is 5.24. The number of amides is 2. The summed E-state index contributed by atoms with van der Waals surface area (Å²) in [5.41, 5.74) is -1.51. The second-order valence-electron chi connectivity index (χ2n) is 10.4. The molecule has 0 aliphatic heterocycles. The van der Waals surface area contributed by atoms with Gasteiger partial charge in [-0.15, -0.1) is 0 Å². The van der Waals surface area contributed by atoms with E-state index in [4.69, 9.17) is 14.2 Å². The summed E-state index contributed by atoms with van der Waals surface area (Å²) in [5, 5.41) is 16.1. The van der Waals surface area contributed by atoms with Gasteiger partial charge in [-0.05, 0) is 45.1 Å². The Labute approximate surface area is 211 Å². The first-order valence-corrected chi connectivity index (χ1v) is 12.2. The lowest BCUT2D eigenvalue weighted by atomic mass is 9.88. The number of carbonyl (C=O) groups is 4. The molecule has 2 aliphatic rings. The van der Waals surface area contributed by atoms with Crippen molar-refractivity contribution < 1.29 is 38.5 Å². The molecule has 0 aromatic heterocycles. The number of hydrogen-bond donors (Lipinski definition) is 3. The van der Waals surface area contributed by atoms with Crippen LogP contribution in [0, 0.1) is 17.8 Å². The van der Waals surface area contributed by atoms with Gasteiger partial charge in [-0.25, -0.2) is 9.59 Å². The minimum absolute atomic E-state index is 0.0174. The number of esters is 2. The van der Waals surface area contributed by atoms with Gasteiger partial charge in [0, 0.05) is 25.2 Å². The van der Waals surface area contributed by atoms with Gasteiger partial charge in [0.1, 0.15) is 17.2 Å². The van der Waals surface area contributed by atoms with Crippen molar-refractivity contribution in [3.63, 3.8) is 0 Å². The smallest absolute Gasteiger partial charge is 0.408 e. The topological polar surface area (TPSA) is 140 Å². The maximum Gasteiger partial charge on any atom is 0.408 e. The van der Waals surface area contributed by atoms with Gasteiger partial charge in [0.15, 0.2) is 0 Å². The van der Waals surface area contributed by atoms with Crippen LogP contribution in [0.5, 0.6) is 0 Å². The van der Waals surface area contributed by atoms with Gasteiger partial charge in [0.25, 0.3) is 0 Å². The van der Waals surface area contributed by atoms with E-state index in [2.05, 4.69) is 10.6 Å². The molecule has 1 aromatic carbocycles. The Morgan fingerprint density at radius 3 is 2.42 bits per heavy atom. The second kappa shape index (κ2) is 10.9. The highest BCUT2D eigenvalue weighted by atomic mass is 16.6. The molecule has 0 unspecified atom stereocenters. The summed E-state index contributed by atoms with van der Waals surface area (Å²) in [7, 11) is 1.27. The van der Waals surface area contributed by atoms with Crippen LogP contribution in [0.1, 0.15) is 46.1 Å². The zero-order valence-corrected chi connectivity index (χ0v) is 21.4. The molecule has 2 amide bonds. The highest BCUT2D eigenvalue weighted by molar-refractivity contribution is 5.93. The molecule has 0 radical (unpaired) electrons. The van der Waals surface area contributed by atoms with Crippen LogP contribution < -0.4 is 10.6 Å². The highest BCUT2D eigenvalue weighted by Gasteiger charge is 2.73. The quantitative estimate of drug-likeness (QED) is 0.341. The molecule has 36 heavy (non-hydrogen) atoms. The average molecular weight is 505 g/mol. The van der Waals surface area contributed by atoms with Gasteiger partial charge in [-0.1, -0.05) is 30.3 Å². The van der Waals surface area contributed by atoms with Crippen molar-refractivity contribution in [1.29, 1.82) is 0 Å². The van der Waals surface area contributed by atoms with Crippen LogP contribution in [0.2, 0.25) is 0 Å². The highest BCUT2D eigenvalue weighted by Crippen LogP contribution is 2.64. The summed E-state index contributed by atoms with van der Waals surface area (Å²) in [6.45, 7) is 6.86. The van der Waals surface area contributed by atoms with E-state index in [0.29, 0.717) is 0 Å². The Morgan fingerprint density at radius 2 is 1.83 bits per heavy atom. The summed E-state index contributed by atoms with van der Waals surface area (Å²) in [5.74, 6) is -2.92. The molecule has 2 fully saturated rings. The summed E-state index contributed by atoms with van der Waals surface area (Å²) in [4.78, 5) is 51.3. The number of benzene rings is 1. The first-order valence-electron chi connectivity index (χ1n) is 12.2. The zero-order chi connectivity index (χ0) is 26.7. The Hall–Kier alpha value is -3.14. The number of aliphatic hydroxyl groups excluding tert-OH is 1. The van der Waals surface area contributed by atoms with Crippen LogP contribution in [0.25, 0.3) is 0 Å². The number of alkyl carbamates (subject to hydrolysis) is 1. The Balaban J connectivity index is 1.87. The minimum atomic E-state index is -1.53. The van der Waals surface area contributed by atoms with Crippen molar-refractivity contribution in [3.05, 3.63) is 35.9 Å². The molecule has 3 N–H and O–H groups in total. The predicted octanol–water partition coefficient (Wildman–Crippen LogP) is 1.73. The number of fused-ring (bicyclic) bond motifs is 1. The van der Waals surface area contributed by atoms with E-state index >= 15 is 0 Å². The van der Waals surface area contributed by atoms with E-state index in [1.54, 1.807) is 27.7 Å². The molecule has 2 aliphatic carbocycles. The van der Waals surface area contributed by atoms with Gasteiger partial charge in [0.05, 0.1) is 19.8 Å². The van der Waals surface area contributed by atoms with E-state index in [1.165, 1.54) is 7.11 Å². The number of rotatable bonds is 9. The van der Waals surface area contributed by atoms with Crippen LogP contribution in [0.4, 0.5) is 4.79 Å². The van der Waals surface area contributed by atoms with Gasteiger partial charge in [-0.3, -0.25) is 9.59 Å². The standard InChI is InChI=1S/C26H36N2O8/c1-6-35-23(32)26(14-18(29)20-16(21(20)26)13-19(30)34-5)28-22(31)17(12-15-10-8-7-9-11-15)27-24(33)36-25(2,3)4/h7-11,16-18,20-21,29H,6,12-14H2,1-5H3,(H,27,33)(H,28,31)/t16-,17-,18-,20+,21+,26-/m0/s1. The SMILES string of the molecule is CCOC(=O)[C@]1(NC(=O)[C@H](Cc2ccccc2)NC(=O)OC(C)(C)C)C[C@H](O)[C@H]2[C@H](CC(=O)OC)[C@H]21. The summed E-state index contributed by atoms with van der Waals surface area (Å²) in [6.07, 6.45) is -1.56. The van der Waals surface area contributed by atoms with E-state index in [1.807, 2.05) is 30.3 Å². The first-order chi connectivity index (χ1) is 16.9. The fourth-order valence-corrected chi connectivity index (χ4v) is 5.24. The number of hydrogen-bond acceptors (Lipinski definition) is 8. The van der Waals surface area contributed by atoms with Crippen molar-refractivity contribution in [1.82, 2.24) is 10.6 Å². The van der Waals surface area contributed by atoms with Gasteiger partial charge >= 0.3 is 18.0 Å². The predicted molar refractivity (Wildman–Crippen MR) is 129 cm³/mol. The third-order valence-corrected chi connectivity index (χ3v) is 6.68. The normalized spacial score (nSPS) is 27.3. The van der Waals surface area contributed by atoms with Gasteiger partial charge in [-0.2, -0.15) is 0 Å². The largest absolute Gasteiger partial charge is 0.469 e. The average Bonchev–Trinajstić information content (AvgIpc) is 3.43. The van der Waals surface area contributed by atoms with E-state index in [9.17, 15) is 24.3 Å². The Bertz CT molecular complexity index is 976. The van der Waals surface area contributed by atoms with Crippen LogP contribution in [0.15, 0.2) is 30.3 Å². The molecule has 2 saturated carbocycles. The fraction of sp³-hybridized carbons (Fsp3) is 0.615. The number of nitrogens with one attached hydrogen (secondary N) is 2. The molecule has 6 atom stereocenters. The molecule has 10 heteroatoms. The number of methoxy groups -OCH3 is 1. The molecule has 0 bridgehead atoms. The molecule has 0 heterocycles. The molecule has 0 saturated heterocycles. The van der Waals surface area contributed by atoms with Crippen LogP contribution in [-0.4, -0.2) is 66.0 Å². The van der Waals surface area contributed by atoms with E-state index < -0.39 is 53.1 Å². The van der Waals surface area contributed by atoms with E-state index in [0.717, 1.165) is 5.56 Å². The second-order valence-corrected chi connectivity index (χ2v) is 10.4. The molecule has 3 rings (SSSR count). The van der Waals surface area contributed by atoms with Gasteiger partial charge in [0.2, 0.25) is 5.91 Å². The lowest BCUT2D eigenvalue weighted by molar-refractivity contribution is -0.155. The summed E-state index contributed by atoms with van der Waals surface area (Å²) >= 11 is 0. The van der Waals surface area contributed by atoms with Crippen molar-refractivity contribution in [3.8, 4) is 0 Å². The molecule has 0 spiro atoms. The molecular weight excluding hydrogens is 468 g/mol. The van der Waals surface area contributed by atoms with Crippen LogP contribution in [0.3, 0.4) is 0 Å². The van der Waals surface area contributed by atoms with Crippen molar-refractivity contribution in [2.75, 3.05) is 13.7 Å². The van der Waals surface area contributed by atoms with Crippen molar-refractivity contribution in [2.24, 2.45) is 17.8 Å². The molecule has 10 nitrogen and oxygen atoms in total. The maximum absolute atomic E-state index is 13.6. The first kappa shape index (κ1) is 27.4. The van der Waals surface area contributed by atoms with E-state index in [-0.39, 0.29) is 37.7 Å². The lowest BCUT2D eigenvalue weighted by Gasteiger charge is -2.33. The lowest BCUT2D eigenvalue weighted by Crippen LogP contribution is -2.61. The van der Waals surface area contributed by atoms with Crippen molar-refractivity contribution >= 4 is 23.9 Å². The molecule has 198 valence electrons.